The number of aliphatic hydroxyl groups excluding tert-OH is 1. The van der Waals surface area contributed by atoms with Crippen LogP contribution in [0.2, 0.25) is 0 Å². The van der Waals surface area contributed by atoms with Gasteiger partial charge in [0.1, 0.15) is 6.10 Å². The minimum Gasteiger partial charge on any atom is -0.462 e. The van der Waals surface area contributed by atoms with Crippen molar-refractivity contribution in [3.8, 4) is 0 Å². The smallest absolute Gasteiger partial charge is 0.302 e. The maximum absolute atomic E-state index is 12.1. The van der Waals surface area contributed by atoms with E-state index in [1.54, 1.807) is 5.57 Å². The topological polar surface area (TPSA) is 46.5 Å². The SMILES string of the molecule is CC(=O)O[C@H]1CC[C@]2(C)[C@H]3CC[C@]4(C)C(=CC[C@@]5(C)CC[C@@H](C)[C@H](C)[C@H]54)[C@]3(C)[C@H](O)C[C@H]2C1(C)C. The van der Waals surface area contributed by atoms with Gasteiger partial charge in [-0.3, -0.25) is 4.79 Å². The number of rotatable bonds is 1. The number of ether oxygens (including phenoxy) is 1. The predicted octanol–water partition coefficient (Wildman–Crippen LogP) is 7.57. The largest absolute Gasteiger partial charge is 0.462 e. The van der Waals surface area contributed by atoms with Crippen molar-refractivity contribution in [1.82, 2.24) is 0 Å². The van der Waals surface area contributed by atoms with Gasteiger partial charge in [-0.1, -0.05) is 67.0 Å². The van der Waals surface area contributed by atoms with Crippen molar-refractivity contribution >= 4 is 5.97 Å². The summed E-state index contributed by atoms with van der Waals surface area (Å²) in [6.07, 6.45) is 11.4. The molecule has 0 unspecified atom stereocenters. The van der Waals surface area contributed by atoms with Crippen LogP contribution in [0.5, 0.6) is 0 Å². The summed E-state index contributed by atoms with van der Waals surface area (Å²) in [6, 6.07) is 0. The molecule has 0 amide bonds. The van der Waals surface area contributed by atoms with Crippen LogP contribution in [0.15, 0.2) is 11.6 Å². The van der Waals surface area contributed by atoms with E-state index in [9.17, 15) is 9.90 Å². The Kier molecular flexibility index (Phi) is 5.78. The second kappa shape index (κ2) is 7.84. The van der Waals surface area contributed by atoms with Crippen molar-refractivity contribution in [1.29, 1.82) is 0 Å². The number of carbonyl (C=O) groups is 1. The first-order valence-corrected chi connectivity index (χ1v) is 14.7. The molecule has 198 valence electrons. The van der Waals surface area contributed by atoms with Gasteiger partial charge in [-0.05, 0) is 97.2 Å². The Morgan fingerprint density at radius 3 is 2.31 bits per heavy atom. The van der Waals surface area contributed by atoms with Gasteiger partial charge >= 0.3 is 5.97 Å². The molecule has 0 radical (unpaired) electrons. The van der Waals surface area contributed by atoms with E-state index >= 15 is 0 Å². The molecule has 0 aromatic heterocycles. The molecule has 0 bridgehead atoms. The molecule has 0 aromatic rings. The van der Waals surface area contributed by atoms with E-state index in [-0.39, 0.29) is 39.8 Å². The molecule has 1 N–H and O–H groups in total. The average molecular weight is 485 g/mol. The Morgan fingerprint density at radius 1 is 0.971 bits per heavy atom. The molecule has 5 aliphatic rings. The average Bonchev–Trinajstić information content (AvgIpc) is 2.75. The summed E-state index contributed by atoms with van der Waals surface area (Å²) >= 11 is 0. The van der Waals surface area contributed by atoms with Crippen LogP contribution in [0, 0.1) is 56.7 Å². The number of aliphatic hydroxyl groups is 1. The fraction of sp³-hybridized carbons (Fsp3) is 0.906. The normalized spacial score (nSPS) is 54.9. The highest BCUT2D eigenvalue weighted by atomic mass is 16.5. The first-order valence-electron chi connectivity index (χ1n) is 14.7. The molecule has 3 heteroatoms. The summed E-state index contributed by atoms with van der Waals surface area (Å²) in [5.41, 5.74) is 2.04. The van der Waals surface area contributed by atoms with Gasteiger partial charge in [0.25, 0.3) is 0 Å². The van der Waals surface area contributed by atoms with Crippen LogP contribution in [-0.2, 0) is 9.53 Å². The van der Waals surface area contributed by atoms with Crippen LogP contribution in [-0.4, -0.2) is 23.3 Å². The Balaban J connectivity index is 1.56. The van der Waals surface area contributed by atoms with E-state index in [0.29, 0.717) is 23.2 Å². The van der Waals surface area contributed by atoms with E-state index in [2.05, 4.69) is 61.5 Å². The molecule has 0 heterocycles. The van der Waals surface area contributed by atoms with Gasteiger partial charge in [-0.25, -0.2) is 0 Å². The van der Waals surface area contributed by atoms with Crippen LogP contribution in [0.1, 0.15) is 114 Å². The molecule has 4 saturated carbocycles. The number of esters is 1. The third kappa shape index (κ3) is 3.28. The van der Waals surface area contributed by atoms with E-state index in [1.165, 1.54) is 39.0 Å². The third-order valence-corrected chi connectivity index (χ3v) is 13.4. The highest BCUT2D eigenvalue weighted by Gasteiger charge is 2.69. The van der Waals surface area contributed by atoms with E-state index < -0.39 is 0 Å². The van der Waals surface area contributed by atoms with Crippen LogP contribution in [0.4, 0.5) is 0 Å². The monoisotopic (exact) mass is 484 g/mol. The Morgan fingerprint density at radius 2 is 1.66 bits per heavy atom. The number of carbonyl (C=O) groups excluding carboxylic acids is 1. The van der Waals surface area contributed by atoms with Gasteiger partial charge in [0.15, 0.2) is 0 Å². The zero-order valence-corrected chi connectivity index (χ0v) is 24.0. The van der Waals surface area contributed by atoms with Crippen molar-refractivity contribution in [3.63, 3.8) is 0 Å². The lowest BCUT2D eigenvalue weighted by molar-refractivity contribution is -0.225. The molecule has 5 aliphatic carbocycles. The number of fused-ring (bicyclic) bond motifs is 7. The summed E-state index contributed by atoms with van der Waals surface area (Å²) in [5.74, 6) is 2.86. The second-order valence-electron chi connectivity index (χ2n) is 15.4. The van der Waals surface area contributed by atoms with Gasteiger partial charge in [-0.2, -0.15) is 0 Å². The molecular formula is C32H52O3. The fourth-order valence-corrected chi connectivity index (χ4v) is 11.7. The molecule has 11 atom stereocenters. The van der Waals surface area contributed by atoms with Crippen LogP contribution in [0.3, 0.4) is 0 Å². The second-order valence-corrected chi connectivity index (χ2v) is 15.4. The van der Waals surface area contributed by atoms with Gasteiger partial charge in [0.2, 0.25) is 0 Å². The number of hydrogen-bond donors (Lipinski definition) is 1. The fourth-order valence-electron chi connectivity index (χ4n) is 11.7. The Labute approximate surface area is 214 Å². The van der Waals surface area contributed by atoms with Crippen molar-refractivity contribution in [2.24, 2.45) is 56.7 Å². The zero-order valence-electron chi connectivity index (χ0n) is 24.0. The van der Waals surface area contributed by atoms with Gasteiger partial charge < -0.3 is 9.84 Å². The minimum absolute atomic E-state index is 0.0531. The summed E-state index contributed by atoms with van der Waals surface area (Å²) in [5, 5.41) is 12.1. The van der Waals surface area contributed by atoms with E-state index in [4.69, 9.17) is 4.74 Å². The Bertz CT molecular complexity index is 920. The van der Waals surface area contributed by atoms with E-state index in [1.807, 2.05) is 0 Å². The predicted molar refractivity (Wildman–Crippen MR) is 142 cm³/mol. The molecule has 5 rings (SSSR count). The number of allylic oxidation sites excluding steroid dienone is 1. The zero-order chi connectivity index (χ0) is 25.8. The third-order valence-electron chi connectivity index (χ3n) is 13.4. The van der Waals surface area contributed by atoms with Gasteiger partial charge in [-0.15, -0.1) is 0 Å². The summed E-state index contributed by atoms with van der Waals surface area (Å²) in [6.45, 7) is 21.3. The molecule has 0 aromatic carbocycles. The molecule has 3 nitrogen and oxygen atoms in total. The lowest BCUT2D eigenvalue weighted by Gasteiger charge is -2.71. The van der Waals surface area contributed by atoms with E-state index in [0.717, 1.165) is 31.1 Å². The van der Waals surface area contributed by atoms with Crippen LogP contribution in [0.25, 0.3) is 0 Å². The first-order chi connectivity index (χ1) is 16.1. The molecule has 0 saturated heterocycles. The maximum Gasteiger partial charge on any atom is 0.302 e. The highest BCUT2D eigenvalue weighted by molar-refractivity contribution is 5.66. The lowest BCUT2D eigenvalue weighted by atomic mass is 9.34. The molecule has 35 heavy (non-hydrogen) atoms. The summed E-state index contributed by atoms with van der Waals surface area (Å²) in [7, 11) is 0. The van der Waals surface area contributed by atoms with Gasteiger partial charge in [0.05, 0.1) is 6.10 Å². The maximum atomic E-state index is 12.1. The Hall–Kier alpha value is -0.830. The van der Waals surface area contributed by atoms with Gasteiger partial charge in [0, 0.05) is 17.8 Å². The highest BCUT2D eigenvalue weighted by Crippen LogP contribution is 2.75. The minimum atomic E-state index is -0.340. The molecule has 4 fully saturated rings. The summed E-state index contributed by atoms with van der Waals surface area (Å²) in [4.78, 5) is 11.9. The molecule has 0 aliphatic heterocycles. The van der Waals surface area contributed by atoms with Crippen molar-refractivity contribution < 1.29 is 14.6 Å². The lowest BCUT2D eigenvalue weighted by Crippen LogP contribution is -2.67. The van der Waals surface area contributed by atoms with Crippen molar-refractivity contribution in [2.45, 2.75) is 126 Å². The number of hydrogen-bond acceptors (Lipinski definition) is 3. The van der Waals surface area contributed by atoms with Crippen LogP contribution >= 0.6 is 0 Å². The van der Waals surface area contributed by atoms with Crippen molar-refractivity contribution in [3.05, 3.63) is 11.6 Å². The van der Waals surface area contributed by atoms with Crippen LogP contribution < -0.4 is 0 Å². The molecular weight excluding hydrogens is 432 g/mol. The quantitative estimate of drug-likeness (QED) is 0.308. The molecule has 0 spiro atoms. The van der Waals surface area contributed by atoms with Crippen molar-refractivity contribution in [2.75, 3.05) is 0 Å². The first kappa shape index (κ1) is 25.8. The summed E-state index contributed by atoms with van der Waals surface area (Å²) < 4.78 is 5.86. The standard InChI is InChI=1S/C32H52O3/c1-19-10-14-29(6)15-11-23-31(8,27(29)20(19)2)16-12-22-30(7)17-13-26(35-21(3)33)28(4,5)24(30)18-25(34)32(22,23)9/h11,19-20,22,24-27,34H,10,12-18H2,1-9H3/t19-,20+,22-,24+,25-,26+,27-,29-,30-,31-,32-/m1/s1.